The lowest BCUT2D eigenvalue weighted by Crippen LogP contribution is -2.16. The maximum atomic E-state index is 5.30. The van der Waals surface area contributed by atoms with Crippen LogP contribution in [0.1, 0.15) is 38.4 Å². The molecule has 86 valence electrons. The molecule has 15 heavy (non-hydrogen) atoms. The number of ether oxygens (including phenoxy) is 1. The van der Waals surface area contributed by atoms with Crippen LogP contribution in [0.5, 0.6) is 0 Å². The number of hydrogen-bond donors (Lipinski definition) is 1. The Morgan fingerprint density at radius 2 is 2.27 bits per heavy atom. The highest BCUT2D eigenvalue weighted by Crippen LogP contribution is 2.18. The zero-order chi connectivity index (χ0) is 11.3. The van der Waals surface area contributed by atoms with Gasteiger partial charge in [0.05, 0.1) is 12.6 Å². The predicted molar refractivity (Wildman–Crippen MR) is 64.8 cm³/mol. The van der Waals surface area contributed by atoms with Gasteiger partial charge in [0.2, 0.25) is 0 Å². The van der Waals surface area contributed by atoms with E-state index < -0.39 is 0 Å². The van der Waals surface area contributed by atoms with Gasteiger partial charge in [-0.3, -0.25) is 0 Å². The van der Waals surface area contributed by atoms with Crippen LogP contribution < -0.4 is 0 Å². The van der Waals surface area contributed by atoms with Crippen LogP contribution in [-0.4, -0.2) is 23.3 Å². The van der Waals surface area contributed by atoms with Gasteiger partial charge in [-0.1, -0.05) is 20.3 Å². The highest BCUT2D eigenvalue weighted by molar-refractivity contribution is 7.71. The minimum Gasteiger partial charge on any atom is -0.383 e. The van der Waals surface area contributed by atoms with Crippen molar-refractivity contribution in [3.8, 4) is 0 Å². The van der Waals surface area contributed by atoms with Crippen LogP contribution in [0.15, 0.2) is 6.20 Å². The maximum absolute atomic E-state index is 5.30. The second kappa shape index (κ2) is 6.08. The Kier molecular flexibility index (Phi) is 5.05. The third kappa shape index (κ3) is 2.92. The largest absolute Gasteiger partial charge is 0.383 e. The molecule has 1 unspecified atom stereocenters. The molecule has 1 N–H and O–H groups in total. The summed E-state index contributed by atoms with van der Waals surface area (Å²) < 4.78 is 8.26. The number of aromatic nitrogens is 2. The predicted octanol–water partition coefficient (Wildman–Crippen LogP) is 3.10. The molecule has 0 saturated heterocycles. The molecule has 0 aliphatic carbocycles. The fourth-order valence-corrected chi connectivity index (χ4v) is 2.23. The van der Waals surface area contributed by atoms with E-state index in [1.807, 2.05) is 6.20 Å². The number of hydrogen-bond acceptors (Lipinski definition) is 2. The van der Waals surface area contributed by atoms with Crippen molar-refractivity contribution < 1.29 is 4.74 Å². The fourth-order valence-electron chi connectivity index (χ4n) is 1.90. The molecule has 0 bridgehead atoms. The summed E-state index contributed by atoms with van der Waals surface area (Å²) in [6.45, 7) is 5.06. The summed E-state index contributed by atoms with van der Waals surface area (Å²) in [5, 5.41) is 0. The van der Waals surface area contributed by atoms with Gasteiger partial charge in [0, 0.05) is 19.0 Å². The summed E-state index contributed by atoms with van der Waals surface area (Å²) in [5.41, 5.74) is 1.26. The highest BCUT2D eigenvalue weighted by Gasteiger charge is 2.13. The van der Waals surface area contributed by atoms with Gasteiger partial charge in [0.15, 0.2) is 4.77 Å². The molecule has 0 fully saturated rings. The molecule has 0 saturated carbocycles. The Balaban J connectivity index is 2.97. The van der Waals surface area contributed by atoms with Crippen molar-refractivity contribution in [2.75, 3.05) is 13.7 Å². The third-order valence-corrected chi connectivity index (χ3v) is 2.91. The number of aryl methyl sites for hydroxylation is 1. The second-order valence-corrected chi connectivity index (χ2v) is 4.09. The molecule has 0 aliphatic rings. The van der Waals surface area contributed by atoms with Crippen LogP contribution in [-0.2, 0) is 11.2 Å². The van der Waals surface area contributed by atoms with E-state index in [9.17, 15) is 0 Å². The molecular weight excluding hydrogens is 208 g/mol. The quantitative estimate of drug-likeness (QED) is 0.758. The Morgan fingerprint density at radius 1 is 1.53 bits per heavy atom. The number of imidazole rings is 1. The molecule has 4 heteroatoms. The van der Waals surface area contributed by atoms with Gasteiger partial charge in [0.25, 0.3) is 0 Å². The smallest absolute Gasteiger partial charge is 0.177 e. The fraction of sp³-hybridized carbons (Fsp3) is 0.727. The number of nitrogens with one attached hydrogen (secondary N) is 1. The first kappa shape index (κ1) is 12.5. The van der Waals surface area contributed by atoms with Crippen molar-refractivity contribution in [2.24, 2.45) is 0 Å². The number of rotatable bonds is 6. The summed E-state index contributed by atoms with van der Waals surface area (Å²) in [6.07, 6.45) is 5.24. The maximum Gasteiger partial charge on any atom is 0.177 e. The van der Waals surface area contributed by atoms with Crippen LogP contribution >= 0.6 is 12.2 Å². The van der Waals surface area contributed by atoms with Gasteiger partial charge in [-0.25, -0.2) is 0 Å². The van der Waals surface area contributed by atoms with Crippen molar-refractivity contribution >= 4 is 12.2 Å². The van der Waals surface area contributed by atoms with Crippen LogP contribution in [0.4, 0.5) is 0 Å². The summed E-state index contributed by atoms with van der Waals surface area (Å²) in [4.78, 5) is 3.11. The first-order chi connectivity index (χ1) is 7.24. The standard InChI is InChI=1S/C11H20N2OS/c1-4-6-10(8-14-3)13-9(5-2)7-12-11(13)15/h7,10H,4-6,8H2,1-3H3,(H,12,15). The molecule has 1 aromatic rings. The normalized spacial score (nSPS) is 13.0. The molecule has 0 aromatic carbocycles. The molecular formula is C11H20N2OS. The lowest BCUT2D eigenvalue weighted by molar-refractivity contribution is 0.148. The zero-order valence-electron chi connectivity index (χ0n) is 9.75. The monoisotopic (exact) mass is 228 g/mol. The second-order valence-electron chi connectivity index (χ2n) is 3.71. The van der Waals surface area contributed by atoms with Crippen molar-refractivity contribution in [2.45, 2.75) is 39.2 Å². The molecule has 1 atom stereocenters. The number of methoxy groups -OCH3 is 1. The van der Waals surface area contributed by atoms with Crippen molar-refractivity contribution in [3.05, 3.63) is 16.7 Å². The molecule has 3 nitrogen and oxygen atoms in total. The van der Waals surface area contributed by atoms with Crippen molar-refractivity contribution in [3.63, 3.8) is 0 Å². The summed E-state index contributed by atoms with van der Waals surface area (Å²) in [5.74, 6) is 0. The number of aromatic amines is 1. The van der Waals surface area contributed by atoms with Crippen molar-refractivity contribution in [1.29, 1.82) is 0 Å². The average molecular weight is 228 g/mol. The Bertz CT molecular complexity index is 337. The van der Waals surface area contributed by atoms with Crippen LogP contribution in [0.25, 0.3) is 0 Å². The van der Waals surface area contributed by atoms with E-state index >= 15 is 0 Å². The minimum atomic E-state index is 0.369. The molecule has 1 aromatic heterocycles. The lowest BCUT2D eigenvalue weighted by atomic mass is 10.1. The first-order valence-corrected chi connectivity index (χ1v) is 5.93. The minimum absolute atomic E-state index is 0.369. The molecule has 0 spiro atoms. The molecule has 0 aliphatic heterocycles. The summed E-state index contributed by atoms with van der Waals surface area (Å²) in [6, 6.07) is 0.369. The van der Waals surface area contributed by atoms with E-state index in [2.05, 4.69) is 23.4 Å². The average Bonchev–Trinajstić information content (AvgIpc) is 2.59. The van der Waals surface area contributed by atoms with Crippen LogP contribution in [0.3, 0.4) is 0 Å². The SMILES string of the molecule is CCCC(COC)n1c(CC)c[nH]c1=S. The highest BCUT2D eigenvalue weighted by atomic mass is 32.1. The van der Waals surface area contributed by atoms with E-state index in [1.165, 1.54) is 5.69 Å². The summed E-state index contributed by atoms with van der Waals surface area (Å²) >= 11 is 5.30. The zero-order valence-corrected chi connectivity index (χ0v) is 10.6. The molecule has 1 rings (SSSR count). The Labute approximate surface area is 96.5 Å². The van der Waals surface area contributed by atoms with Gasteiger partial charge >= 0.3 is 0 Å². The topological polar surface area (TPSA) is 29.9 Å². The van der Waals surface area contributed by atoms with Crippen molar-refractivity contribution in [1.82, 2.24) is 9.55 Å². The Hall–Kier alpha value is -0.610. The van der Waals surface area contributed by atoms with E-state index in [0.717, 1.165) is 30.6 Å². The van der Waals surface area contributed by atoms with E-state index in [-0.39, 0.29) is 0 Å². The molecule has 1 heterocycles. The number of nitrogens with zero attached hydrogens (tertiary/aromatic N) is 1. The van der Waals surface area contributed by atoms with Gasteiger partial charge in [-0.05, 0) is 25.1 Å². The summed E-state index contributed by atoms with van der Waals surface area (Å²) in [7, 11) is 1.74. The van der Waals surface area contributed by atoms with Gasteiger partial charge in [-0.15, -0.1) is 0 Å². The lowest BCUT2D eigenvalue weighted by Gasteiger charge is -2.19. The van der Waals surface area contributed by atoms with Crippen LogP contribution in [0.2, 0.25) is 0 Å². The first-order valence-electron chi connectivity index (χ1n) is 5.52. The third-order valence-electron chi connectivity index (χ3n) is 2.60. The van der Waals surface area contributed by atoms with Gasteiger partial charge < -0.3 is 14.3 Å². The van der Waals surface area contributed by atoms with Gasteiger partial charge in [-0.2, -0.15) is 0 Å². The molecule has 0 radical (unpaired) electrons. The molecule has 0 amide bonds. The van der Waals surface area contributed by atoms with Gasteiger partial charge in [0.1, 0.15) is 0 Å². The van der Waals surface area contributed by atoms with E-state index in [1.54, 1.807) is 7.11 Å². The Morgan fingerprint density at radius 3 is 2.80 bits per heavy atom. The number of H-pyrrole nitrogens is 1. The van der Waals surface area contributed by atoms with Crippen LogP contribution in [0, 0.1) is 4.77 Å². The van der Waals surface area contributed by atoms with E-state index in [4.69, 9.17) is 17.0 Å². The van der Waals surface area contributed by atoms with E-state index in [0.29, 0.717) is 6.04 Å².